The number of carbonyl (C=O) groups excluding carboxylic acids is 2. The standard InChI is InChI=1S/C15H19NO5S/c1-21-15(18)12-7-4-8-13(10-12)22(19,20)16-14(17)9-11-5-2-3-6-11/h4,7-8,10-11H,2-3,5-6,9H2,1H3,(H,16,17). The molecule has 1 N–H and O–H groups in total. The number of methoxy groups -OCH3 is 1. The Hall–Kier alpha value is -1.89. The number of hydrogen-bond donors (Lipinski definition) is 1. The van der Waals surface area contributed by atoms with Crippen molar-refractivity contribution >= 4 is 21.9 Å². The Morgan fingerprint density at radius 2 is 1.95 bits per heavy atom. The van der Waals surface area contributed by atoms with Gasteiger partial charge in [0.1, 0.15) is 0 Å². The molecule has 0 unspecified atom stereocenters. The van der Waals surface area contributed by atoms with Crippen LogP contribution in [0, 0.1) is 5.92 Å². The molecule has 0 bridgehead atoms. The highest BCUT2D eigenvalue weighted by Crippen LogP contribution is 2.27. The summed E-state index contributed by atoms with van der Waals surface area (Å²) in [5, 5.41) is 0. The first-order valence-corrected chi connectivity index (χ1v) is 8.65. The minimum Gasteiger partial charge on any atom is -0.465 e. The summed E-state index contributed by atoms with van der Waals surface area (Å²) in [6.07, 6.45) is 4.32. The van der Waals surface area contributed by atoms with Crippen molar-refractivity contribution in [1.29, 1.82) is 0 Å². The van der Waals surface area contributed by atoms with E-state index >= 15 is 0 Å². The molecule has 1 aliphatic carbocycles. The van der Waals surface area contributed by atoms with E-state index in [1.165, 1.54) is 31.4 Å². The number of sulfonamides is 1. The van der Waals surface area contributed by atoms with Crippen molar-refractivity contribution in [1.82, 2.24) is 4.72 Å². The maximum atomic E-state index is 12.2. The van der Waals surface area contributed by atoms with Gasteiger partial charge in [0, 0.05) is 6.42 Å². The molecule has 7 heteroatoms. The third-order valence-corrected chi connectivity index (χ3v) is 5.13. The van der Waals surface area contributed by atoms with E-state index < -0.39 is 21.9 Å². The summed E-state index contributed by atoms with van der Waals surface area (Å²) in [5.41, 5.74) is 0.119. The van der Waals surface area contributed by atoms with Crippen LogP contribution in [-0.4, -0.2) is 27.4 Å². The number of ether oxygens (including phenoxy) is 1. The Kier molecular flexibility index (Phi) is 5.18. The van der Waals surface area contributed by atoms with E-state index in [-0.39, 0.29) is 22.8 Å². The fraction of sp³-hybridized carbons (Fsp3) is 0.467. The van der Waals surface area contributed by atoms with Crippen LogP contribution < -0.4 is 4.72 Å². The molecule has 2 rings (SSSR count). The van der Waals surface area contributed by atoms with Gasteiger partial charge in [-0.3, -0.25) is 4.79 Å². The molecule has 6 nitrogen and oxygen atoms in total. The van der Waals surface area contributed by atoms with Gasteiger partial charge in [-0.05, 0) is 37.0 Å². The first-order valence-electron chi connectivity index (χ1n) is 7.16. The second-order valence-corrected chi connectivity index (χ2v) is 7.09. The molecular weight excluding hydrogens is 306 g/mol. The zero-order chi connectivity index (χ0) is 16.2. The predicted octanol–water partition coefficient (Wildman–Crippen LogP) is 1.86. The van der Waals surface area contributed by atoms with Crippen molar-refractivity contribution in [2.75, 3.05) is 7.11 Å². The summed E-state index contributed by atoms with van der Waals surface area (Å²) < 4.78 is 31.0. The van der Waals surface area contributed by atoms with Crippen LogP contribution in [0.1, 0.15) is 42.5 Å². The Morgan fingerprint density at radius 3 is 2.59 bits per heavy atom. The monoisotopic (exact) mass is 325 g/mol. The molecule has 1 aliphatic rings. The second kappa shape index (κ2) is 6.91. The van der Waals surface area contributed by atoms with Crippen LogP contribution in [0.2, 0.25) is 0 Å². The van der Waals surface area contributed by atoms with Gasteiger partial charge in [0.05, 0.1) is 17.6 Å². The van der Waals surface area contributed by atoms with Crippen molar-refractivity contribution < 1.29 is 22.7 Å². The van der Waals surface area contributed by atoms with Crippen molar-refractivity contribution in [3.05, 3.63) is 29.8 Å². The minimum absolute atomic E-state index is 0.119. The van der Waals surface area contributed by atoms with Gasteiger partial charge >= 0.3 is 5.97 Å². The number of benzene rings is 1. The average molecular weight is 325 g/mol. The zero-order valence-corrected chi connectivity index (χ0v) is 13.2. The van der Waals surface area contributed by atoms with Gasteiger partial charge in [-0.1, -0.05) is 18.9 Å². The fourth-order valence-electron chi connectivity index (χ4n) is 2.64. The molecule has 0 atom stereocenters. The maximum absolute atomic E-state index is 12.2. The smallest absolute Gasteiger partial charge is 0.337 e. The number of carbonyl (C=O) groups is 2. The molecule has 1 amide bonds. The van der Waals surface area contributed by atoms with Gasteiger partial charge in [0.25, 0.3) is 10.0 Å². The van der Waals surface area contributed by atoms with Crippen molar-refractivity contribution in [2.45, 2.75) is 37.0 Å². The van der Waals surface area contributed by atoms with Crippen LogP contribution in [0.5, 0.6) is 0 Å². The first-order chi connectivity index (χ1) is 10.4. The number of esters is 1. The maximum Gasteiger partial charge on any atom is 0.337 e. The molecule has 1 aromatic rings. The Bertz CT molecular complexity index is 662. The third-order valence-electron chi connectivity index (χ3n) is 3.76. The van der Waals surface area contributed by atoms with Crippen molar-refractivity contribution in [3.8, 4) is 0 Å². The summed E-state index contributed by atoms with van der Waals surface area (Å²) in [6, 6.07) is 5.40. The Balaban J connectivity index is 2.09. The highest BCUT2D eigenvalue weighted by atomic mass is 32.2. The molecule has 0 aromatic heterocycles. The molecule has 1 fully saturated rings. The van der Waals surface area contributed by atoms with Gasteiger partial charge in [-0.15, -0.1) is 0 Å². The van der Waals surface area contributed by atoms with Gasteiger partial charge in [0.15, 0.2) is 0 Å². The van der Waals surface area contributed by atoms with Gasteiger partial charge < -0.3 is 4.74 Å². The lowest BCUT2D eigenvalue weighted by Gasteiger charge is -2.10. The number of nitrogens with one attached hydrogen (secondary N) is 1. The van der Waals surface area contributed by atoms with E-state index in [1.54, 1.807) is 0 Å². The quantitative estimate of drug-likeness (QED) is 0.835. The van der Waals surface area contributed by atoms with E-state index in [0.29, 0.717) is 0 Å². The largest absolute Gasteiger partial charge is 0.465 e. The molecule has 0 heterocycles. The summed E-state index contributed by atoms with van der Waals surface area (Å²) >= 11 is 0. The lowest BCUT2D eigenvalue weighted by Crippen LogP contribution is -2.31. The normalized spacial score (nSPS) is 15.5. The van der Waals surface area contributed by atoms with Crippen LogP contribution in [0.4, 0.5) is 0 Å². The van der Waals surface area contributed by atoms with E-state index in [2.05, 4.69) is 9.46 Å². The van der Waals surface area contributed by atoms with E-state index in [1.807, 2.05) is 0 Å². The van der Waals surface area contributed by atoms with Crippen molar-refractivity contribution in [2.24, 2.45) is 5.92 Å². The highest BCUT2D eigenvalue weighted by molar-refractivity contribution is 7.90. The summed E-state index contributed by atoms with van der Waals surface area (Å²) in [6.45, 7) is 0. The van der Waals surface area contributed by atoms with Crippen LogP contribution in [-0.2, 0) is 19.6 Å². The van der Waals surface area contributed by atoms with Crippen LogP contribution in [0.3, 0.4) is 0 Å². The fourth-order valence-corrected chi connectivity index (χ4v) is 3.68. The van der Waals surface area contributed by atoms with Gasteiger partial charge in [0.2, 0.25) is 5.91 Å². The average Bonchev–Trinajstić information content (AvgIpc) is 2.98. The van der Waals surface area contributed by atoms with Crippen LogP contribution in [0.15, 0.2) is 29.2 Å². The molecule has 0 spiro atoms. The molecule has 120 valence electrons. The van der Waals surface area contributed by atoms with Crippen LogP contribution in [0.25, 0.3) is 0 Å². The van der Waals surface area contributed by atoms with E-state index in [9.17, 15) is 18.0 Å². The third kappa shape index (κ3) is 4.07. The molecule has 1 saturated carbocycles. The first kappa shape index (κ1) is 16.5. The molecule has 0 radical (unpaired) electrons. The molecule has 1 aromatic carbocycles. The SMILES string of the molecule is COC(=O)c1cccc(S(=O)(=O)NC(=O)CC2CCCC2)c1. The summed E-state index contributed by atoms with van der Waals surface area (Å²) in [5.74, 6) is -0.874. The Morgan fingerprint density at radius 1 is 1.27 bits per heavy atom. The topological polar surface area (TPSA) is 89.5 Å². The minimum atomic E-state index is -3.97. The summed E-state index contributed by atoms with van der Waals surface area (Å²) in [7, 11) is -2.76. The Labute approximate surface area is 129 Å². The van der Waals surface area contributed by atoms with Gasteiger partial charge in [-0.2, -0.15) is 0 Å². The molecule has 0 aliphatic heterocycles. The molecular formula is C15H19NO5S. The lowest BCUT2D eigenvalue weighted by molar-refractivity contribution is -0.120. The van der Waals surface area contributed by atoms with E-state index in [4.69, 9.17) is 0 Å². The lowest BCUT2D eigenvalue weighted by atomic mass is 10.0. The molecule has 0 saturated heterocycles. The van der Waals surface area contributed by atoms with Gasteiger partial charge in [-0.25, -0.2) is 17.9 Å². The molecule has 22 heavy (non-hydrogen) atoms. The highest BCUT2D eigenvalue weighted by Gasteiger charge is 2.23. The summed E-state index contributed by atoms with van der Waals surface area (Å²) in [4.78, 5) is 23.2. The number of amides is 1. The zero-order valence-electron chi connectivity index (χ0n) is 12.4. The second-order valence-electron chi connectivity index (χ2n) is 5.40. The van der Waals surface area contributed by atoms with E-state index in [0.717, 1.165) is 25.7 Å². The number of rotatable bonds is 5. The predicted molar refractivity (Wildman–Crippen MR) is 79.7 cm³/mol. The van der Waals surface area contributed by atoms with Crippen LogP contribution >= 0.6 is 0 Å². The number of hydrogen-bond acceptors (Lipinski definition) is 5. The van der Waals surface area contributed by atoms with Crippen molar-refractivity contribution in [3.63, 3.8) is 0 Å².